The second-order valence-electron chi connectivity index (χ2n) is 5.89. The van der Waals surface area contributed by atoms with Crippen molar-refractivity contribution in [3.8, 4) is 0 Å². The molecule has 0 bridgehead atoms. The van der Waals surface area contributed by atoms with E-state index in [2.05, 4.69) is 4.98 Å². The van der Waals surface area contributed by atoms with Gasteiger partial charge in [-0.2, -0.15) is 0 Å². The number of oxazole rings is 1. The van der Waals surface area contributed by atoms with Gasteiger partial charge >= 0.3 is 5.76 Å². The van der Waals surface area contributed by atoms with Crippen LogP contribution in [0.4, 0.5) is 0 Å². The summed E-state index contributed by atoms with van der Waals surface area (Å²) >= 11 is 0. The van der Waals surface area contributed by atoms with E-state index >= 15 is 0 Å². The number of nitrogens with one attached hydrogen (secondary N) is 1. The number of aromatic nitrogens is 1. The molecule has 1 unspecified atom stereocenters. The quantitative estimate of drug-likeness (QED) is 0.766. The maximum absolute atomic E-state index is 11.1. The second kappa shape index (κ2) is 5.13. The smallest absolute Gasteiger partial charge is 0.408 e. The lowest BCUT2D eigenvalue weighted by Crippen LogP contribution is -2.27. The van der Waals surface area contributed by atoms with E-state index in [1.807, 2.05) is 19.9 Å². The third-order valence-corrected chi connectivity index (χ3v) is 3.30. The fraction of sp³-hybridized carbons (Fsp3) is 0.429. The first-order valence-electron chi connectivity index (χ1n) is 6.43. The van der Waals surface area contributed by atoms with Crippen molar-refractivity contribution in [1.29, 1.82) is 0 Å². The highest BCUT2D eigenvalue weighted by Crippen LogP contribution is 2.32. The van der Waals surface area contributed by atoms with Crippen LogP contribution >= 0.6 is 0 Å². The highest BCUT2D eigenvalue weighted by atomic mass is 16.4. The van der Waals surface area contributed by atoms with Crippen LogP contribution in [0.15, 0.2) is 27.4 Å². The summed E-state index contributed by atoms with van der Waals surface area (Å²) in [5, 5.41) is 0. The molecule has 108 valence electrons. The third kappa shape index (κ3) is 3.27. The number of fused-ring (bicyclic) bond motifs is 1. The molecule has 6 nitrogen and oxygen atoms in total. The van der Waals surface area contributed by atoms with Crippen molar-refractivity contribution in [2.24, 2.45) is 16.9 Å². The molecule has 0 saturated heterocycles. The van der Waals surface area contributed by atoms with Crippen LogP contribution in [-0.4, -0.2) is 10.9 Å². The number of benzene rings is 1. The van der Waals surface area contributed by atoms with E-state index in [0.29, 0.717) is 17.5 Å². The van der Waals surface area contributed by atoms with Gasteiger partial charge in [0.15, 0.2) is 5.58 Å². The molecule has 6 heteroatoms. The number of rotatable bonds is 5. The first-order valence-corrected chi connectivity index (χ1v) is 6.43. The number of hydrogen-bond acceptors (Lipinski definition) is 4. The molecule has 0 fully saturated rings. The second-order valence-corrected chi connectivity index (χ2v) is 5.89. The van der Waals surface area contributed by atoms with Gasteiger partial charge in [0, 0.05) is 12.5 Å². The minimum atomic E-state index is -0.486. The lowest BCUT2D eigenvalue weighted by molar-refractivity contribution is -0.120. The topological polar surface area (TPSA) is 115 Å². The number of amides is 1. The molecule has 0 aliphatic heterocycles. The molecular formula is C14H19N3O3. The summed E-state index contributed by atoms with van der Waals surface area (Å²) in [7, 11) is 0. The lowest BCUT2D eigenvalue weighted by Gasteiger charge is -2.26. The van der Waals surface area contributed by atoms with Crippen LogP contribution in [0.3, 0.4) is 0 Å². The molecule has 1 atom stereocenters. The Labute approximate surface area is 116 Å². The zero-order valence-corrected chi connectivity index (χ0v) is 11.6. The fourth-order valence-electron chi connectivity index (χ4n) is 2.45. The molecule has 0 saturated carbocycles. The summed E-state index contributed by atoms with van der Waals surface area (Å²) in [5.74, 6) is -0.825. The van der Waals surface area contributed by atoms with E-state index in [4.69, 9.17) is 15.9 Å². The molecule has 20 heavy (non-hydrogen) atoms. The predicted octanol–water partition coefficient (Wildman–Crippen LogP) is 1.41. The zero-order chi connectivity index (χ0) is 14.9. The maximum atomic E-state index is 11.1. The first-order chi connectivity index (χ1) is 9.27. The first kappa shape index (κ1) is 14.3. The van der Waals surface area contributed by atoms with Gasteiger partial charge in [0.05, 0.1) is 5.52 Å². The SMILES string of the molecule is CC(C)(CC(N)=O)CC(N)c1ccc2[nH]c(=O)oc2c1. The number of carbonyl (C=O) groups is 1. The van der Waals surface area contributed by atoms with Crippen molar-refractivity contribution in [1.82, 2.24) is 4.98 Å². The van der Waals surface area contributed by atoms with Gasteiger partial charge < -0.3 is 15.9 Å². The van der Waals surface area contributed by atoms with Gasteiger partial charge in [0.25, 0.3) is 0 Å². The maximum Gasteiger partial charge on any atom is 0.417 e. The highest BCUT2D eigenvalue weighted by molar-refractivity contribution is 5.74. The van der Waals surface area contributed by atoms with Crippen LogP contribution in [0.2, 0.25) is 0 Å². The van der Waals surface area contributed by atoms with Crippen LogP contribution in [0.25, 0.3) is 11.1 Å². The van der Waals surface area contributed by atoms with E-state index < -0.39 is 5.76 Å². The number of carbonyl (C=O) groups excluding carboxylic acids is 1. The Hall–Kier alpha value is -2.08. The molecule has 1 aromatic carbocycles. The van der Waals surface area contributed by atoms with E-state index in [-0.39, 0.29) is 23.8 Å². The Kier molecular flexibility index (Phi) is 3.67. The Balaban J connectivity index is 2.20. The van der Waals surface area contributed by atoms with Crippen LogP contribution in [0, 0.1) is 5.41 Å². The van der Waals surface area contributed by atoms with Crippen molar-refractivity contribution < 1.29 is 9.21 Å². The molecule has 0 spiro atoms. The standard InChI is InChI=1S/C14H19N3O3/c1-14(2,7-12(16)18)6-9(15)8-3-4-10-11(5-8)20-13(19)17-10/h3-5,9H,6-7,15H2,1-2H3,(H2,16,18)(H,17,19). The van der Waals surface area contributed by atoms with Crippen molar-refractivity contribution in [2.75, 3.05) is 0 Å². The number of H-pyrrole nitrogens is 1. The van der Waals surface area contributed by atoms with Gasteiger partial charge in [0.2, 0.25) is 5.91 Å². The molecule has 5 N–H and O–H groups in total. The molecule has 1 heterocycles. The van der Waals surface area contributed by atoms with Crippen molar-refractivity contribution in [2.45, 2.75) is 32.7 Å². The van der Waals surface area contributed by atoms with Crippen LogP contribution in [0.5, 0.6) is 0 Å². The Morgan fingerprint density at radius 1 is 1.45 bits per heavy atom. The summed E-state index contributed by atoms with van der Waals surface area (Å²) in [6, 6.07) is 5.10. The van der Waals surface area contributed by atoms with Gasteiger partial charge in [-0.25, -0.2) is 4.79 Å². The normalized spacial score (nSPS) is 13.6. The third-order valence-electron chi connectivity index (χ3n) is 3.30. The van der Waals surface area contributed by atoms with Gasteiger partial charge in [-0.15, -0.1) is 0 Å². The number of nitrogens with two attached hydrogens (primary N) is 2. The summed E-state index contributed by atoms with van der Waals surface area (Å²) < 4.78 is 5.01. The summed E-state index contributed by atoms with van der Waals surface area (Å²) in [6.07, 6.45) is 0.887. The highest BCUT2D eigenvalue weighted by Gasteiger charge is 2.24. The number of hydrogen-bond donors (Lipinski definition) is 3. The minimum absolute atomic E-state index is 0.256. The van der Waals surface area contributed by atoms with Gasteiger partial charge in [-0.1, -0.05) is 19.9 Å². The van der Waals surface area contributed by atoms with E-state index in [1.165, 1.54) is 0 Å². The summed E-state index contributed by atoms with van der Waals surface area (Å²) in [5.41, 5.74) is 13.1. The van der Waals surface area contributed by atoms with E-state index in [9.17, 15) is 9.59 Å². The van der Waals surface area contributed by atoms with Gasteiger partial charge in [-0.3, -0.25) is 9.78 Å². The Morgan fingerprint density at radius 2 is 2.15 bits per heavy atom. The van der Waals surface area contributed by atoms with Crippen molar-refractivity contribution in [3.63, 3.8) is 0 Å². The molecule has 2 rings (SSSR count). The number of aromatic amines is 1. The zero-order valence-electron chi connectivity index (χ0n) is 11.6. The minimum Gasteiger partial charge on any atom is -0.408 e. The molecular weight excluding hydrogens is 258 g/mol. The summed E-state index contributed by atoms with van der Waals surface area (Å²) in [6.45, 7) is 3.90. The Morgan fingerprint density at radius 3 is 2.80 bits per heavy atom. The van der Waals surface area contributed by atoms with Crippen molar-refractivity contribution in [3.05, 3.63) is 34.3 Å². The molecule has 0 aliphatic carbocycles. The molecule has 2 aromatic rings. The largest absolute Gasteiger partial charge is 0.417 e. The monoisotopic (exact) mass is 277 g/mol. The van der Waals surface area contributed by atoms with Gasteiger partial charge in [-0.05, 0) is 29.5 Å². The molecule has 0 radical (unpaired) electrons. The Bertz CT molecular complexity index is 684. The van der Waals surface area contributed by atoms with E-state index in [0.717, 1.165) is 5.56 Å². The summed E-state index contributed by atoms with van der Waals surface area (Å²) in [4.78, 5) is 24.7. The van der Waals surface area contributed by atoms with E-state index in [1.54, 1.807) is 12.1 Å². The van der Waals surface area contributed by atoms with Gasteiger partial charge in [0.1, 0.15) is 0 Å². The number of primary amides is 1. The average Bonchev–Trinajstić information content (AvgIpc) is 2.64. The fourth-order valence-corrected chi connectivity index (χ4v) is 2.45. The molecule has 0 aliphatic rings. The van der Waals surface area contributed by atoms with Crippen LogP contribution in [-0.2, 0) is 4.79 Å². The molecule has 1 aromatic heterocycles. The van der Waals surface area contributed by atoms with Crippen LogP contribution < -0.4 is 17.2 Å². The average molecular weight is 277 g/mol. The lowest BCUT2D eigenvalue weighted by atomic mass is 9.81. The molecule has 1 amide bonds. The predicted molar refractivity (Wildman–Crippen MR) is 76.0 cm³/mol. The van der Waals surface area contributed by atoms with Crippen LogP contribution in [0.1, 0.15) is 38.3 Å². The van der Waals surface area contributed by atoms with Crippen molar-refractivity contribution >= 4 is 17.0 Å².